The zero-order valence-electron chi connectivity index (χ0n) is 7.00. The summed E-state index contributed by atoms with van der Waals surface area (Å²) in [6.45, 7) is 1.69. The average Bonchev–Trinajstić information content (AvgIpc) is 1.25. The van der Waals surface area contributed by atoms with Gasteiger partial charge in [-0.15, -0.1) is 0 Å². The molecule has 0 nitrogen and oxygen atoms in total. The Labute approximate surface area is 46.1 Å². The number of hydrogen-bond donors (Lipinski definition) is 0. The summed E-state index contributed by atoms with van der Waals surface area (Å²) in [5, 5.41) is -0.875. The predicted molar refractivity (Wildman–Crippen MR) is 33.8 cm³/mol. The molecule has 0 atom stereocenters. The van der Waals surface area contributed by atoms with Crippen LogP contribution in [0.2, 0.25) is 22.5 Å². The van der Waals surface area contributed by atoms with Crippen LogP contribution in [0.3, 0.4) is 0 Å². The van der Waals surface area contributed by atoms with Crippen molar-refractivity contribution >= 4 is 13.3 Å². The first-order valence-corrected chi connectivity index (χ1v) is 9.59. The van der Waals surface area contributed by atoms with E-state index in [1.54, 1.807) is 6.92 Å². The van der Waals surface area contributed by atoms with Crippen molar-refractivity contribution < 1.29 is 2.74 Å². The molecule has 0 aliphatic rings. The molecule has 0 aliphatic heterocycles. The molecule has 0 N–H and O–H groups in total. The normalized spacial score (nSPS) is 19.3. The van der Waals surface area contributed by atoms with Crippen LogP contribution in [-0.4, -0.2) is 13.3 Å². The van der Waals surface area contributed by atoms with E-state index in [9.17, 15) is 0 Å². The Kier molecular flexibility index (Phi) is 1.18. The SMILES string of the molecule is [2H][C]([2H])(C)[Ge]([CH3])([CH3])[CH3]. The van der Waals surface area contributed by atoms with E-state index in [2.05, 4.69) is 17.3 Å². The molecule has 0 heterocycles. The Balaban J connectivity index is 4.02. The summed E-state index contributed by atoms with van der Waals surface area (Å²) in [6.07, 6.45) is 0. The molecular formula is C5H14Ge. The van der Waals surface area contributed by atoms with E-state index in [1.165, 1.54) is 0 Å². The fourth-order valence-electron chi connectivity index (χ4n) is 0. The van der Waals surface area contributed by atoms with Crippen molar-refractivity contribution in [3.8, 4) is 0 Å². The first-order valence-electron chi connectivity index (χ1n) is 3.25. The van der Waals surface area contributed by atoms with Crippen LogP contribution in [0.15, 0.2) is 0 Å². The second-order valence-electron chi connectivity index (χ2n) is 2.50. The topological polar surface area (TPSA) is 0 Å². The summed E-state index contributed by atoms with van der Waals surface area (Å²) in [5.74, 6) is 6.25. The Bertz CT molecular complexity index is 65.4. The molecule has 0 aromatic rings. The van der Waals surface area contributed by atoms with Gasteiger partial charge in [0.05, 0.1) is 0 Å². The minimum atomic E-state index is -1.98. The molecule has 0 amide bonds. The maximum absolute atomic E-state index is 7.33. The van der Waals surface area contributed by atoms with Crippen LogP contribution in [0.5, 0.6) is 0 Å². The van der Waals surface area contributed by atoms with E-state index in [0.29, 0.717) is 0 Å². The van der Waals surface area contributed by atoms with Gasteiger partial charge in [0.25, 0.3) is 0 Å². The molecule has 0 radical (unpaired) electrons. The first-order chi connectivity index (χ1) is 3.25. The van der Waals surface area contributed by atoms with Gasteiger partial charge in [0, 0.05) is 0 Å². The molecule has 0 bridgehead atoms. The third-order valence-electron chi connectivity index (χ3n) is 0.750. The van der Waals surface area contributed by atoms with Crippen LogP contribution >= 0.6 is 0 Å². The van der Waals surface area contributed by atoms with Crippen LogP contribution in [0.25, 0.3) is 0 Å². The van der Waals surface area contributed by atoms with Gasteiger partial charge in [-0.05, 0) is 0 Å². The molecule has 38 valence electrons. The van der Waals surface area contributed by atoms with Crippen LogP contribution in [0, 0.1) is 0 Å². The monoisotopic (exact) mass is 150 g/mol. The van der Waals surface area contributed by atoms with Gasteiger partial charge < -0.3 is 0 Å². The molecule has 0 fully saturated rings. The maximum atomic E-state index is 7.33. The van der Waals surface area contributed by atoms with E-state index in [-0.39, 0.29) is 0 Å². The molecule has 0 saturated carbocycles. The standard InChI is InChI=1S/C5H14Ge/c1-5-6(2,3)4/h5H2,1-4H3/i5D2. The van der Waals surface area contributed by atoms with E-state index in [0.717, 1.165) is 0 Å². The fourth-order valence-corrected chi connectivity index (χ4v) is 0. The summed E-state index contributed by atoms with van der Waals surface area (Å²) in [4.78, 5) is 0. The van der Waals surface area contributed by atoms with Crippen LogP contribution in [0.1, 0.15) is 9.67 Å². The zero-order valence-corrected chi connectivity index (χ0v) is 7.10. The van der Waals surface area contributed by atoms with Gasteiger partial charge >= 0.3 is 45.4 Å². The Morgan fingerprint density at radius 3 is 1.67 bits per heavy atom. The molecule has 1 heteroatoms. The molecule has 0 aromatic heterocycles. The first kappa shape index (κ1) is 3.53. The van der Waals surface area contributed by atoms with E-state index in [1.807, 2.05) is 0 Å². The predicted octanol–water partition coefficient (Wildman–Crippen LogP) is 2.34. The third kappa shape index (κ3) is 4.54. The van der Waals surface area contributed by atoms with Crippen molar-refractivity contribution in [3.05, 3.63) is 0 Å². The Hall–Kier alpha value is 0.543. The number of hydrogen-bond acceptors (Lipinski definition) is 0. The molecule has 0 rings (SSSR count). The van der Waals surface area contributed by atoms with Gasteiger partial charge in [0.2, 0.25) is 0 Å². The molecule has 0 aromatic carbocycles. The van der Waals surface area contributed by atoms with Crippen LogP contribution in [-0.2, 0) is 0 Å². The van der Waals surface area contributed by atoms with Crippen LogP contribution < -0.4 is 0 Å². The van der Waals surface area contributed by atoms with Gasteiger partial charge in [-0.3, -0.25) is 0 Å². The Morgan fingerprint density at radius 1 is 1.50 bits per heavy atom. The van der Waals surface area contributed by atoms with Crippen LogP contribution in [0.4, 0.5) is 0 Å². The van der Waals surface area contributed by atoms with E-state index >= 15 is 0 Å². The van der Waals surface area contributed by atoms with Gasteiger partial charge in [0.1, 0.15) is 0 Å². The molecule has 0 spiro atoms. The van der Waals surface area contributed by atoms with Crippen molar-refractivity contribution in [2.45, 2.75) is 29.4 Å². The molecule has 0 saturated heterocycles. The van der Waals surface area contributed by atoms with Gasteiger partial charge in [-0.2, -0.15) is 0 Å². The zero-order chi connectivity index (χ0) is 7.00. The van der Waals surface area contributed by atoms with E-state index < -0.39 is 18.5 Å². The van der Waals surface area contributed by atoms with Gasteiger partial charge in [0.15, 0.2) is 0 Å². The summed E-state index contributed by atoms with van der Waals surface area (Å²) < 4.78 is 14.7. The minimum absolute atomic E-state index is 0.875. The van der Waals surface area contributed by atoms with Crippen molar-refractivity contribution in [1.29, 1.82) is 0 Å². The molecule has 0 aliphatic carbocycles. The third-order valence-corrected chi connectivity index (χ3v) is 3.90. The van der Waals surface area contributed by atoms with Crippen molar-refractivity contribution in [2.24, 2.45) is 0 Å². The molecule has 0 unspecified atom stereocenters. The second kappa shape index (κ2) is 2.01. The van der Waals surface area contributed by atoms with Crippen molar-refractivity contribution in [1.82, 2.24) is 0 Å². The fraction of sp³-hybridized carbons (Fsp3) is 1.00. The summed E-state index contributed by atoms with van der Waals surface area (Å²) in [6, 6.07) is 0. The molecular weight excluding hydrogens is 133 g/mol. The number of rotatable bonds is 1. The molecule has 6 heavy (non-hydrogen) atoms. The average molecular weight is 149 g/mol. The van der Waals surface area contributed by atoms with Gasteiger partial charge in [-0.1, -0.05) is 0 Å². The van der Waals surface area contributed by atoms with Gasteiger partial charge in [-0.25, -0.2) is 0 Å². The second-order valence-corrected chi connectivity index (χ2v) is 13.0. The summed E-state index contributed by atoms with van der Waals surface area (Å²) >= 11 is -1.98. The van der Waals surface area contributed by atoms with Crippen molar-refractivity contribution in [2.75, 3.05) is 0 Å². The summed E-state index contributed by atoms with van der Waals surface area (Å²) in [7, 11) is 0. The quantitative estimate of drug-likeness (QED) is 0.501. The Morgan fingerprint density at radius 2 is 1.67 bits per heavy atom. The van der Waals surface area contributed by atoms with Crippen molar-refractivity contribution in [3.63, 3.8) is 0 Å². The van der Waals surface area contributed by atoms with E-state index in [4.69, 9.17) is 2.74 Å². The summed E-state index contributed by atoms with van der Waals surface area (Å²) in [5.41, 5.74) is 0.